The number of aromatic nitrogens is 1. The van der Waals surface area contributed by atoms with E-state index in [4.69, 9.17) is 10.5 Å². The van der Waals surface area contributed by atoms with Crippen molar-refractivity contribution in [2.75, 3.05) is 11.9 Å². The van der Waals surface area contributed by atoms with Crippen molar-refractivity contribution in [2.24, 2.45) is 5.73 Å². The van der Waals surface area contributed by atoms with Gasteiger partial charge in [0.2, 0.25) is 0 Å². The Balaban J connectivity index is 1.86. The van der Waals surface area contributed by atoms with Crippen LogP contribution in [0.1, 0.15) is 5.56 Å². The van der Waals surface area contributed by atoms with E-state index in [0.717, 1.165) is 17.8 Å². The molecule has 2 aromatic rings. The van der Waals surface area contributed by atoms with Crippen LogP contribution in [0.25, 0.3) is 0 Å². The second-order valence-electron chi connectivity index (χ2n) is 3.99. The minimum absolute atomic E-state index is 0.107. The second-order valence-corrected chi connectivity index (χ2v) is 3.99. The molecule has 0 aliphatic rings. The molecule has 0 bridgehead atoms. The maximum absolute atomic E-state index is 10.6. The number of rotatable bonds is 6. The average Bonchev–Trinajstić information content (AvgIpc) is 2.45. The first kappa shape index (κ1) is 12.9. The maximum atomic E-state index is 10.6. The third-order valence-electron chi connectivity index (χ3n) is 2.48. The third kappa shape index (κ3) is 4.31. The lowest BCUT2D eigenvalue weighted by Gasteiger charge is -2.08. The Hall–Kier alpha value is -2.56. The number of carbonyl (C=O) groups is 1. The van der Waals surface area contributed by atoms with E-state index in [-0.39, 0.29) is 6.61 Å². The van der Waals surface area contributed by atoms with Gasteiger partial charge in [-0.1, -0.05) is 0 Å². The molecular weight excluding hydrogens is 242 g/mol. The van der Waals surface area contributed by atoms with E-state index in [1.807, 2.05) is 24.3 Å². The molecule has 0 saturated heterocycles. The number of carbonyl (C=O) groups excluding carboxylic acids is 1. The van der Waals surface area contributed by atoms with Crippen LogP contribution in [0.15, 0.2) is 48.8 Å². The van der Waals surface area contributed by atoms with Crippen molar-refractivity contribution in [3.63, 3.8) is 0 Å². The van der Waals surface area contributed by atoms with E-state index in [0.29, 0.717) is 5.75 Å². The zero-order valence-corrected chi connectivity index (χ0v) is 10.4. The van der Waals surface area contributed by atoms with Crippen molar-refractivity contribution in [2.45, 2.75) is 6.54 Å². The molecule has 0 fully saturated rings. The lowest BCUT2D eigenvalue weighted by atomic mass is 10.2. The third-order valence-corrected chi connectivity index (χ3v) is 2.48. The summed E-state index contributed by atoms with van der Waals surface area (Å²) in [6.07, 6.45) is 3.52. The first-order valence-corrected chi connectivity index (χ1v) is 5.88. The first-order chi connectivity index (χ1) is 9.24. The Bertz CT molecular complexity index is 526. The molecule has 0 radical (unpaired) electrons. The minimum atomic E-state index is -0.486. The van der Waals surface area contributed by atoms with E-state index < -0.39 is 5.91 Å². The van der Waals surface area contributed by atoms with E-state index in [1.165, 1.54) is 0 Å². The number of nitrogens with one attached hydrogen (secondary N) is 1. The number of pyridine rings is 1. The first-order valence-electron chi connectivity index (χ1n) is 5.88. The number of primary amides is 1. The second kappa shape index (κ2) is 6.39. The largest absolute Gasteiger partial charge is 0.484 e. The number of hydrogen-bond acceptors (Lipinski definition) is 4. The van der Waals surface area contributed by atoms with Gasteiger partial charge in [-0.3, -0.25) is 9.78 Å². The molecule has 5 heteroatoms. The molecule has 0 saturated carbocycles. The summed E-state index contributed by atoms with van der Waals surface area (Å²) in [5, 5.41) is 3.28. The fourth-order valence-electron chi connectivity index (χ4n) is 1.53. The summed E-state index contributed by atoms with van der Waals surface area (Å²) in [6, 6.07) is 11.3. The lowest BCUT2D eigenvalue weighted by molar-refractivity contribution is -0.119. The molecular formula is C14H15N3O2. The van der Waals surface area contributed by atoms with E-state index in [9.17, 15) is 4.79 Å². The molecule has 0 unspecified atom stereocenters. The van der Waals surface area contributed by atoms with Gasteiger partial charge in [-0.2, -0.15) is 0 Å². The van der Waals surface area contributed by atoms with Gasteiger partial charge in [0.15, 0.2) is 6.61 Å². The summed E-state index contributed by atoms with van der Waals surface area (Å²) >= 11 is 0. The summed E-state index contributed by atoms with van der Waals surface area (Å²) in [7, 11) is 0. The van der Waals surface area contributed by atoms with Gasteiger partial charge in [0.1, 0.15) is 5.75 Å². The SMILES string of the molecule is NC(=O)COc1ccc(NCc2ccncc2)cc1. The molecule has 0 aliphatic carbocycles. The molecule has 1 aromatic heterocycles. The van der Waals surface area contributed by atoms with Gasteiger partial charge in [0.05, 0.1) is 0 Å². The number of ether oxygens (including phenoxy) is 1. The highest BCUT2D eigenvalue weighted by Crippen LogP contribution is 2.16. The predicted molar refractivity (Wildman–Crippen MR) is 72.7 cm³/mol. The molecule has 0 spiro atoms. The summed E-state index contributed by atoms with van der Waals surface area (Å²) in [5.41, 5.74) is 7.13. The van der Waals surface area contributed by atoms with Crippen LogP contribution in [0, 0.1) is 0 Å². The highest BCUT2D eigenvalue weighted by molar-refractivity contribution is 5.75. The van der Waals surface area contributed by atoms with Gasteiger partial charge >= 0.3 is 0 Å². The maximum Gasteiger partial charge on any atom is 0.255 e. The Morgan fingerprint density at radius 3 is 2.47 bits per heavy atom. The van der Waals surface area contributed by atoms with Crippen LogP contribution in [0.4, 0.5) is 5.69 Å². The van der Waals surface area contributed by atoms with Crippen molar-refractivity contribution >= 4 is 11.6 Å². The average molecular weight is 257 g/mol. The van der Waals surface area contributed by atoms with Crippen LogP contribution in [-0.2, 0) is 11.3 Å². The van der Waals surface area contributed by atoms with Crippen molar-refractivity contribution in [3.8, 4) is 5.75 Å². The Morgan fingerprint density at radius 2 is 1.84 bits per heavy atom. The summed E-state index contributed by atoms with van der Waals surface area (Å²) in [4.78, 5) is 14.5. The molecule has 1 heterocycles. The molecule has 98 valence electrons. The number of benzene rings is 1. The van der Waals surface area contributed by atoms with Crippen LogP contribution >= 0.6 is 0 Å². The molecule has 2 rings (SSSR count). The van der Waals surface area contributed by atoms with Crippen LogP contribution in [-0.4, -0.2) is 17.5 Å². The normalized spacial score (nSPS) is 9.89. The van der Waals surface area contributed by atoms with Crippen molar-refractivity contribution < 1.29 is 9.53 Å². The quantitative estimate of drug-likeness (QED) is 0.823. The number of amides is 1. The summed E-state index contributed by atoms with van der Waals surface area (Å²) in [5.74, 6) is 0.133. The highest BCUT2D eigenvalue weighted by atomic mass is 16.5. The Morgan fingerprint density at radius 1 is 1.16 bits per heavy atom. The van der Waals surface area contributed by atoms with E-state index in [2.05, 4.69) is 10.3 Å². The Kier molecular flexibility index (Phi) is 4.34. The van der Waals surface area contributed by atoms with Gasteiger partial charge in [-0.25, -0.2) is 0 Å². The number of nitrogens with two attached hydrogens (primary N) is 1. The van der Waals surface area contributed by atoms with E-state index >= 15 is 0 Å². The molecule has 19 heavy (non-hydrogen) atoms. The van der Waals surface area contributed by atoms with Crippen LogP contribution < -0.4 is 15.8 Å². The number of nitrogens with zero attached hydrogens (tertiary/aromatic N) is 1. The van der Waals surface area contributed by atoms with Crippen molar-refractivity contribution in [1.29, 1.82) is 0 Å². The number of anilines is 1. The molecule has 0 aliphatic heterocycles. The zero-order chi connectivity index (χ0) is 13.5. The van der Waals surface area contributed by atoms with Gasteiger partial charge in [-0.05, 0) is 42.0 Å². The van der Waals surface area contributed by atoms with Gasteiger partial charge in [-0.15, -0.1) is 0 Å². The standard InChI is InChI=1S/C14H15N3O2/c15-14(18)10-19-13-3-1-12(2-4-13)17-9-11-5-7-16-8-6-11/h1-8,17H,9-10H2,(H2,15,18). The summed E-state index contributed by atoms with van der Waals surface area (Å²) in [6.45, 7) is 0.619. The molecule has 1 amide bonds. The van der Waals surface area contributed by atoms with Crippen LogP contribution in [0.2, 0.25) is 0 Å². The van der Waals surface area contributed by atoms with Crippen molar-refractivity contribution in [3.05, 3.63) is 54.4 Å². The minimum Gasteiger partial charge on any atom is -0.484 e. The Labute approximate surface area is 111 Å². The smallest absolute Gasteiger partial charge is 0.255 e. The number of hydrogen-bond donors (Lipinski definition) is 2. The molecule has 3 N–H and O–H groups in total. The fraction of sp³-hybridized carbons (Fsp3) is 0.143. The van der Waals surface area contributed by atoms with Crippen molar-refractivity contribution in [1.82, 2.24) is 4.98 Å². The topological polar surface area (TPSA) is 77.2 Å². The van der Waals surface area contributed by atoms with Gasteiger partial charge < -0.3 is 15.8 Å². The van der Waals surface area contributed by atoms with Crippen LogP contribution in [0.3, 0.4) is 0 Å². The monoisotopic (exact) mass is 257 g/mol. The van der Waals surface area contributed by atoms with E-state index in [1.54, 1.807) is 24.5 Å². The van der Waals surface area contributed by atoms with Gasteiger partial charge in [0, 0.05) is 24.6 Å². The highest BCUT2D eigenvalue weighted by Gasteiger charge is 1.98. The van der Waals surface area contributed by atoms with Crippen LogP contribution in [0.5, 0.6) is 5.75 Å². The summed E-state index contributed by atoms with van der Waals surface area (Å²) < 4.78 is 5.17. The molecule has 1 aromatic carbocycles. The fourth-order valence-corrected chi connectivity index (χ4v) is 1.53. The predicted octanol–water partition coefficient (Wildman–Crippen LogP) is 1.56. The molecule has 5 nitrogen and oxygen atoms in total. The zero-order valence-electron chi connectivity index (χ0n) is 10.4. The molecule has 0 atom stereocenters. The van der Waals surface area contributed by atoms with Gasteiger partial charge in [0.25, 0.3) is 5.91 Å². The lowest BCUT2D eigenvalue weighted by Crippen LogP contribution is -2.19.